The van der Waals surface area contributed by atoms with Crippen molar-refractivity contribution >= 4 is 10.0 Å². The van der Waals surface area contributed by atoms with Gasteiger partial charge in [0, 0.05) is 19.3 Å². The van der Waals surface area contributed by atoms with Gasteiger partial charge in [-0.3, -0.25) is 4.68 Å². The topological polar surface area (TPSA) is 82.5 Å². The van der Waals surface area contributed by atoms with Crippen LogP contribution in [0.3, 0.4) is 0 Å². The second-order valence-corrected chi connectivity index (χ2v) is 6.64. The summed E-state index contributed by atoms with van der Waals surface area (Å²) in [4.78, 5) is 0.173. The van der Waals surface area contributed by atoms with Crippen LogP contribution in [0.1, 0.15) is 12.5 Å². The minimum atomic E-state index is -3.54. The Labute approximate surface area is 136 Å². The van der Waals surface area contributed by atoms with Crippen LogP contribution in [0, 0.1) is 0 Å². The summed E-state index contributed by atoms with van der Waals surface area (Å²) < 4.78 is 38.9. The first-order valence-corrected chi connectivity index (χ1v) is 8.71. The molecule has 1 aromatic heterocycles. The van der Waals surface area contributed by atoms with Gasteiger partial charge in [-0.25, -0.2) is 13.1 Å². The minimum absolute atomic E-state index is 0.173. The number of hydrogen-bond acceptors (Lipinski definition) is 5. The van der Waals surface area contributed by atoms with Crippen molar-refractivity contribution in [3.63, 3.8) is 0 Å². The van der Waals surface area contributed by atoms with E-state index < -0.39 is 10.0 Å². The zero-order valence-electron chi connectivity index (χ0n) is 13.4. The molecule has 0 saturated carbocycles. The lowest BCUT2D eigenvalue weighted by Crippen LogP contribution is -2.25. The highest BCUT2D eigenvalue weighted by Gasteiger charge is 2.15. The Hall–Kier alpha value is -2.06. The molecule has 7 nitrogen and oxygen atoms in total. The number of ether oxygens (including phenoxy) is 2. The molecule has 0 aliphatic carbocycles. The summed E-state index contributed by atoms with van der Waals surface area (Å²) >= 11 is 0. The predicted octanol–water partition coefficient (Wildman–Crippen LogP) is 1.44. The molecule has 2 aromatic rings. The Kier molecular flexibility index (Phi) is 5.62. The fourth-order valence-electron chi connectivity index (χ4n) is 2.11. The molecule has 1 N–H and O–H groups in total. The maximum Gasteiger partial charge on any atom is 0.243 e. The Morgan fingerprint density at radius 1 is 1.22 bits per heavy atom. The van der Waals surface area contributed by atoms with Gasteiger partial charge >= 0.3 is 0 Å². The van der Waals surface area contributed by atoms with Crippen LogP contribution in [0.4, 0.5) is 0 Å². The average molecular weight is 339 g/mol. The van der Waals surface area contributed by atoms with E-state index in [9.17, 15) is 8.42 Å². The molecular formula is C15H21N3O4S. The van der Waals surface area contributed by atoms with Crippen LogP contribution in [0.2, 0.25) is 0 Å². The van der Waals surface area contributed by atoms with Gasteiger partial charge in [-0.2, -0.15) is 5.10 Å². The van der Waals surface area contributed by atoms with Gasteiger partial charge in [0.25, 0.3) is 0 Å². The summed E-state index contributed by atoms with van der Waals surface area (Å²) in [5.74, 6) is 1.26. The lowest BCUT2D eigenvalue weighted by molar-refractivity contribution is 0.354. The molecule has 23 heavy (non-hydrogen) atoms. The van der Waals surface area contributed by atoms with Crippen molar-refractivity contribution in [2.75, 3.05) is 20.8 Å². The maximum atomic E-state index is 12.2. The SMILES string of the molecule is CCn1cc(S(=O)(=O)NCCc2ccc(OC)c(OC)c2)cn1. The second-order valence-electron chi connectivity index (χ2n) is 4.87. The highest BCUT2D eigenvalue weighted by Crippen LogP contribution is 2.27. The van der Waals surface area contributed by atoms with Crippen molar-refractivity contribution in [2.24, 2.45) is 0 Å². The molecule has 1 heterocycles. The molecule has 0 saturated heterocycles. The number of aryl methyl sites for hydroxylation is 1. The highest BCUT2D eigenvalue weighted by molar-refractivity contribution is 7.89. The molecular weight excluding hydrogens is 318 g/mol. The monoisotopic (exact) mass is 339 g/mol. The summed E-state index contributed by atoms with van der Waals surface area (Å²) in [7, 11) is -0.401. The third-order valence-electron chi connectivity index (χ3n) is 3.40. The zero-order valence-corrected chi connectivity index (χ0v) is 14.3. The largest absolute Gasteiger partial charge is 0.493 e. The van der Waals surface area contributed by atoms with Gasteiger partial charge in [0.2, 0.25) is 10.0 Å². The van der Waals surface area contributed by atoms with E-state index in [4.69, 9.17) is 9.47 Å². The zero-order chi connectivity index (χ0) is 16.9. The van der Waals surface area contributed by atoms with Crippen LogP contribution < -0.4 is 14.2 Å². The van der Waals surface area contributed by atoms with Gasteiger partial charge < -0.3 is 9.47 Å². The number of nitrogens with zero attached hydrogens (tertiary/aromatic N) is 2. The predicted molar refractivity (Wildman–Crippen MR) is 86.3 cm³/mol. The van der Waals surface area contributed by atoms with E-state index in [1.165, 1.54) is 12.4 Å². The third-order valence-corrected chi connectivity index (χ3v) is 4.81. The maximum absolute atomic E-state index is 12.2. The average Bonchev–Trinajstić information content (AvgIpc) is 3.04. The smallest absolute Gasteiger partial charge is 0.243 e. The number of rotatable bonds is 8. The molecule has 1 aromatic carbocycles. The van der Waals surface area contributed by atoms with Crippen molar-refractivity contribution in [1.82, 2.24) is 14.5 Å². The molecule has 0 fully saturated rings. The van der Waals surface area contributed by atoms with Gasteiger partial charge in [-0.15, -0.1) is 0 Å². The fraction of sp³-hybridized carbons (Fsp3) is 0.400. The van der Waals surface area contributed by atoms with E-state index in [-0.39, 0.29) is 11.4 Å². The first-order chi connectivity index (χ1) is 11.0. The summed E-state index contributed by atoms with van der Waals surface area (Å²) in [5, 5.41) is 3.98. The van der Waals surface area contributed by atoms with Gasteiger partial charge in [-0.1, -0.05) is 6.07 Å². The van der Waals surface area contributed by atoms with E-state index in [1.807, 2.05) is 19.1 Å². The number of hydrogen-bond donors (Lipinski definition) is 1. The van der Waals surface area contributed by atoms with Crippen LogP contribution in [0.5, 0.6) is 11.5 Å². The molecule has 0 radical (unpaired) electrons. The summed E-state index contributed by atoms with van der Waals surface area (Å²) in [6.07, 6.45) is 3.41. The minimum Gasteiger partial charge on any atom is -0.493 e. The van der Waals surface area contributed by atoms with Gasteiger partial charge in [0.05, 0.1) is 20.4 Å². The van der Waals surface area contributed by atoms with E-state index >= 15 is 0 Å². The van der Waals surface area contributed by atoms with Crippen LogP contribution in [0.15, 0.2) is 35.5 Å². The van der Waals surface area contributed by atoms with Crippen LogP contribution in [-0.4, -0.2) is 39.0 Å². The quantitative estimate of drug-likeness (QED) is 0.787. The number of sulfonamides is 1. The van der Waals surface area contributed by atoms with E-state index in [0.717, 1.165) is 5.56 Å². The standard InChI is InChI=1S/C15H21N3O4S/c1-4-18-11-13(10-16-18)23(19,20)17-8-7-12-5-6-14(21-2)15(9-12)22-3/h5-6,9-11,17H,4,7-8H2,1-3H3. The lowest BCUT2D eigenvalue weighted by Gasteiger charge is -2.10. The van der Waals surface area contributed by atoms with Crippen molar-refractivity contribution in [3.05, 3.63) is 36.2 Å². The van der Waals surface area contributed by atoms with Crippen molar-refractivity contribution in [3.8, 4) is 11.5 Å². The van der Waals surface area contributed by atoms with Crippen LogP contribution in [0.25, 0.3) is 0 Å². The third kappa shape index (κ3) is 4.23. The Bertz CT molecular complexity index is 756. The van der Waals surface area contributed by atoms with Gasteiger partial charge in [0.15, 0.2) is 11.5 Å². The molecule has 0 unspecified atom stereocenters. The number of methoxy groups -OCH3 is 2. The van der Waals surface area contributed by atoms with Gasteiger partial charge in [-0.05, 0) is 31.0 Å². The molecule has 0 amide bonds. The Morgan fingerprint density at radius 3 is 2.57 bits per heavy atom. The fourth-order valence-corrected chi connectivity index (χ4v) is 3.09. The lowest BCUT2D eigenvalue weighted by atomic mass is 10.1. The molecule has 0 aliphatic heterocycles. The molecule has 0 bridgehead atoms. The molecule has 0 atom stereocenters. The normalized spacial score (nSPS) is 11.4. The summed E-state index contributed by atoms with van der Waals surface area (Å²) in [6, 6.07) is 5.51. The number of aromatic nitrogens is 2. The first kappa shape index (κ1) is 17.3. The molecule has 0 aliphatic rings. The second kappa shape index (κ2) is 7.47. The highest BCUT2D eigenvalue weighted by atomic mass is 32.2. The van der Waals surface area contributed by atoms with Crippen molar-refractivity contribution < 1.29 is 17.9 Å². The van der Waals surface area contributed by atoms with Crippen LogP contribution in [-0.2, 0) is 23.0 Å². The van der Waals surface area contributed by atoms with Gasteiger partial charge in [0.1, 0.15) is 4.90 Å². The summed E-state index contributed by atoms with van der Waals surface area (Å²) in [5.41, 5.74) is 0.953. The van der Waals surface area contributed by atoms with Crippen molar-refractivity contribution in [2.45, 2.75) is 24.8 Å². The van der Waals surface area contributed by atoms with Crippen LogP contribution >= 0.6 is 0 Å². The molecule has 8 heteroatoms. The molecule has 2 rings (SSSR count). The molecule has 126 valence electrons. The Balaban J connectivity index is 1.98. The van der Waals surface area contributed by atoms with E-state index in [1.54, 1.807) is 25.0 Å². The molecule has 0 spiro atoms. The summed E-state index contributed by atoms with van der Waals surface area (Å²) in [6.45, 7) is 2.81. The van der Waals surface area contributed by atoms with E-state index in [2.05, 4.69) is 9.82 Å². The van der Waals surface area contributed by atoms with Crippen molar-refractivity contribution in [1.29, 1.82) is 0 Å². The number of nitrogens with one attached hydrogen (secondary N) is 1. The number of benzene rings is 1. The first-order valence-electron chi connectivity index (χ1n) is 7.23. The Morgan fingerprint density at radius 2 is 1.96 bits per heavy atom. The van der Waals surface area contributed by atoms with E-state index in [0.29, 0.717) is 24.5 Å².